The Balaban J connectivity index is 0.00000390. The van der Waals surface area contributed by atoms with E-state index in [-0.39, 0.29) is 211 Å². The summed E-state index contributed by atoms with van der Waals surface area (Å²) < 4.78 is 108. The fraction of sp³-hybridized carbons (Fsp3) is 0.0476. The molecule has 77 heavy (non-hydrogen) atoms. The van der Waals surface area contributed by atoms with Gasteiger partial charge in [0, 0.05) is 33.4 Å². The molecule has 0 aliphatic carbocycles. The van der Waals surface area contributed by atoms with E-state index in [1.54, 1.807) is 0 Å². The number of hydrogen-bond acceptors (Lipinski definition) is 24. The molecule has 35 heteroatoms. The summed E-state index contributed by atoms with van der Waals surface area (Å²) in [4.78, 5) is 24.4. The third-order valence-electron chi connectivity index (χ3n) is 9.89. The molecule has 0 unspecified atom stereocenters. The maximum absolute atomic E-state index is 14.0. The zero-order chi connectivity index (χ0) is 52.9. The van der Waals surface area contributed by atoms with Crippen molar-refractivity contribution in [2.75, 3.05) is 24.9 Å². The molecule has 7 rings (SSSR count). The predicted octanol–water partition coefficient (Wildman–Crippen LogP) is -3.51. The average molecular weight is 1210 g/mol. The molecular formula is C42H25Cl2FN6Na4O18S4. The van der Waals surface area contributed by atoms with Crippen LogP contribution in [-0.2, 0) is 39.0 Å². The summed E-state index contributed by atoms with van der Waals surface area (Å²) in [6.07, 6.45) is 0. The van der Waals surface area contributed by atoms with Crippen LogP contribution in [0, 0.1) is 5.82 Å². The third kappa shape index (κ3) is 16.2. The summed E-state index contributed by atoms with van der Waals surface area (Å²) in [5.74, 6) is -4.94. The average Bonchev–Trinajstić information content (AvgIpc) is 3.34. The van der Waals surface area contributed by atoms with Crippen molar-refractivity contribution in [1.29, 1.82) is 0 Å². The van der Waals surface area contributed by atoms with Crippen molar-refractivity contribution < 1.29 is 207 Å². The van der Waals surface area contributed by atoms with Crippen molar-refractivity contribution in [3.63, 3.8) is 0 Å². The number of anilines is 2. The number of aromatic hydroxyl groups is 2. The van der Waals surface area contributed by atoms with Crippen molar-refractivity contribution in [2.24, 2.45) is 20.5 Å². The van der Waals surface area contributed by atoms with Gasteiger partial charge in [0.1, 0.15) is 60.3 Å². The number of methoxy groups -OCH3 is 2. The fourth-order valence-corrected chi connectivity index (χ4v) is 9.29. The molecule has 0 radical (unpaired) electrons. The normalized spacial score (nSPS) is 11.4. The number of carbonyl (C=O) groups excluding carboxylic acids is 2. The number of phenols is 2. The second kappa shape index (κ2) is 29.8. The number of hydrogen-bond donors (Lipinski definition) is 4. The molecule has 2 amide bonds. The third-order valence-corrected chi connectivity index (χ3v) is 13.5. The van der Waals surface area contributed by atoms with E-state index in [2.05, 4.69) is 49.8 Å². The zero-order valence-corrected chi connectivity index (χ0v) is 52.9. The van der Waals surface area contributed by atoms with Crippen LogP contribution >= 0.6 is 47.3 Å². The summed E-state index contributed by atoms with van der Waals surface area (Å²) in [5, 5.41) is 71.5. The van der Waals surface area contributed by atoms with E-state index in [9.17, 15) is 60.6 Å². The van der Waals surface area contributed by atoms with E-state index in [0.29, 0.717) is 12.0 Å². The minimum atomic E-state index is -5.51. The quantitative estimate of drug-likeness (QED) is 0.0162. The van der Waals surface area contributed by atoms with Gasteiger partial charge in [-0.1, -0.05) is 35.3 Å². The van der Waals surface area contributed by atoms with Gasteiger partial charge in [0.05, 0.1) is 80.0 Å². The number of rotatable bonds is 18. The second-order valence-corrected chi connectivity index (χ2v) is 19.3. The van der Waals surface area contributed by atoms with Gasteiger partial charge >= 0.3 is 118 Å². The van der Waals surface area contributed by atoms with Crippen LogP contribution in [0.1, 0.15) is 20.7 Å². The maximum atomic E-state index is 14.0. The SMILES string of the molecule is COc1cc(N=Nc2c(S(=O)(=O)[O-])cc3cc(SOO[O-])cc(NC(=O)c4cccc(Cl)c4Cl)c3c2O)c(OC)cc1N=Nc1c(SOO[O-])cc2cc(S(=O)(=O)[O-])cc(NC(=O)c3cccc(F)c3)c2c1O.[Na+].[Na+].[Na+].[Na+]. The van der Waals surface area contributed by atoms with Gasteiger partial charge in [-0.25, -0.2) is 21.2 Å². The molecule has 0 heterocycles. The molecule has 0 spiro atoms. The van der Waals surface area contributed by atoms with Crippen LogP contribution in [0.3, 0.4) is 0 Å². The standard InChI is InChI=1S/C42H29Cl2FN6O18S4.4Na/c1-64-30-17-27(49-51-38-33(73(61,62)63)13-19-10-22(70-68-66-56)14-28(34(19)40(38)53)47-42(55)24-7-4-8-25(43)36(24)44)31(65-2)16-26(30)48-50-37-32(71-69-67-57)12-20-11-23(72(58,59)60)15-29(35(20)39(37)52)46-41(54)18-5-3-6-21(45)9-18;;;;/h3-17,52-53,56-57H,1-2H3,(H,46,54)(H,47,55)(H,58,59,60)(H,61,62,63);;;;/q;4*+1/p-4. The Morgan fingerprint density at radius 3 is 1.77 bits per heavy atom. The smallest absolute Gasteiger partial charge is 0.744 e. The van der Waals surface area contributed by atoms with Gasteiger partial charge in [-0.2, -0.15) is 8.67 Å². The first-order chi connectivity index (χ1) is 34.7. The minimum absolute atomic E-state index is 0. The Hall–Kier alpha value is -2.81. The Morgan fingerprint density at radius 2 is 1.19 bits per heavy atom. The Morgan fingerprint density at radius 1 is 0.649 bits per heavy atom. The molecule has 4 N–H and O–H groups in total. The Labute approximate surface area is 541 Å². The molecule has 0 aromatic heterocycles. The van der Waals surface area contributed by atoms with Gasteiger partial charge in [-0.3, -0.25) is 19.7 Å². The second-order valence-electron chi connectivity index (χ2n) is 14.2. The zero-order valence-electron chi connectivity index (χ0n) is 40.1. The Kier molecular flexibility index (Phi) is 26.5. The number of benzene rings is 7. The van der Waals surface area contributed by atoms with Crippen LogP contribution in [0.5, 0.6) is 23.0 Å². The van der Waals surface area contributed by atoms with Crippen molar-refractivity contribution in [2.45, 2.75) is 19.6 Å². The summed E-state index contributed by atoms with van der Waals surface area (Å²) in [5.41, 5.74) is -3.05. The molecular weight excluding hydrogens is 1190 g/mol. The van der Waals surface area contributed by atoms with E-state index >= 15 is 0 Å². The Bertz CT molecular complexity index is 3690. The van der Waals surface area contributed by atoms with Crippen LogP contribution in [0.15, 0.2) is 131 Å². The molecule has 0 fully saturated rings. The number of nitrogens with zero attached hydrogens (tertiary/aromatic N) is 4. The summed E-state index contributed by atoms with van der Waals surface area (Å²) in [6, 6.07) is 16.6. The number of phenolic OH excluding ortho intramolecular Hbond substituents is 2. The summed E-state index contributed by atoms with van der Waals surface area (Å²) in [6.45, 7) is 0. The van der Waals surface area contributed by atoms with Gasteiger partial charge < -0.3 is 49.9 Å². The number of azo groups is 2. The van der Waals surface area contributed by atoms with Crippen LogP contribution in [0.2, 0.25) is 10.0 Å². The van der Waals surface area contributed by atoms with E-state index < -0.39 is 76.2 Å². The van der Waals surface area contributed by atoms with E-state index in [1.165, 1.54) is 42.5 Å². The number of carbonyl (C=O) groups is 2. The summed E-state index contributed by atoms with van der Waals surface area (Å²) >= 11 is 12.8. The van der Waals surface area contributed by atoms with Crippen molar-refractivity contribution >= 4 is 135 Å². The monoisotopic (exact) mass is 1210 g/mol. The number of fused-ring (bicyclic) bond motifs is 2. The summed E-state index contributed by atoms with van der Waals surface area (Å²) in [7, 11) is -8.42. The first-order valence-electron chi connectivity index (χ1n) is 19.4. The van der Waals surface area contributed by atoms with Crippen molar-refractivity contribution in [1.82, 2.24) is 0 Å². The van der Waals surface area contributed by atoms with E-state index in [1.807, 2.05) is 0 Å². The van der Waals surface area contributed by atoms with Gasteiger partial charge in [0.2, 0.25) is 0 Å². The molecule has 0 saturated carbocycles. The number of amides is 2. The molecule has 0 saturated heterocycles. The maximum Gasteiger partial charge on any atom is 1.00 e. The first kappa shape index (κ1) is 68.5. The van der Waals surface area contributed by atoms with Crippen LogP contribution in [0.4, 0.5) is 38.5 Å². The van der Waals surface area contributed by atoms with Crippen molar-refractivity contribution in [3.8, 4) is 23.0 Å². The molecule has 0 aliphatic heterocycles. The fourth-order valence-electron chi connectivity index (χ4n) is 6.78. The van der Waals surface area contributed by atoms with Crippen molar-refractivity contribution in [3.05, 3.63) is 118 Å². The van der Waals surface area contributed by atoms with Crippen LogP contribution in [-0.4, -0.2) is 62.2 Å². The van der Waals surface area contributed by atoms with Crippen LogP contribution < -0.4 is 149 Å². The molecule has 0 atom stereocenters. The molecule has 7 aromatic rings. The van der Waals surface area contributed by atoms with Gasteiger partial charge in [0.25, 0.3) is 11.8 Å². The number of halogens is 3. The van der Waals surface area contributed by atoms with Gasteiger partial charge in [0.15, 0.2) is 11.5 Å². The number of nitrogens with one attached hydrogen (secondary N) is 2. The molecule has 0 aliphatic rings. The number of ether oxygens (including phenoxy) is 2. The van der Waals surface area contributed by atoms with E-state index in [4.69, 9.17) is 32.7 Å². The molecule has 24 nitrogen and oxygen atoms in total. The minimum Gasteiger partial charge on any atom is -0.744 e. The van der Waals surface area contributed by atoms with Gasteiger partial charge in [-0.15, -0.1) is 20.5 Å². The molecule has 380 valence electrons. The first-order valence-corrected chi connectivity index (χ1v) is 24.5. The molecule has 0 bridgehead atoms. The predicted molar refractivity (Wildman–Crippen MR) is 250 cm³/mol. The van der Waals surface area contributed by atoms with Gasteiger partial charge in [-0.05, 0) is 77.5 Å². The molecule has 7 aromatic carbocycles. The van der Waals surface area contributed by atoms with Crippen LogP contribution in [0.25, 0.3) is 21.5 Å². The largest absolute Gasteiger partial charge is 1.00 e. The van der Waals surface area contributed by atoms with E-state index in [0.717, 1.165) is 62.8 Å². The topological polar surface area (TPSA) is 364 Å².